The minimum Gasteiger partial charge on any atom is -0.409 e. The van der Waals surface area contributed by atoms with Crippen molar-refractivity contribution in [3.8, 4) is 5.75 Å². The van der Waals surface area contributed by atoms with Gasteiger partial charge in [0, 0.05) is 7.05 Å². The monoisotopic (exact) mass is 417 g/mol. The predicted octanol–water partition coefficient (Wildman–Crippen LogP) is 1.97. The standard InChI is InChI=1S/C19H16FN3O5S/c1-13-8-10-15(11-9-13)29(26,27)23-12-16(20)17(22(2)19(23)25)21-18(24)28-14-6-4-3-5-7-14/h3-12H,1-2H3. The van der Waals surface area contributed by atoms with Gasteiger partial charge in [-0.2, -0.15) is 8.96 Å². The molecule has 2 aromatic carbocycles. The van der Waals surface area contributed by atoms with Gasteiger partial charge in [0.25, 0.3) is 10.0 Å². The number of carbonyl (C=O) groups excluding carboxylic acids is 1. The number of amides is 1. The maximum atomic E-state index is 14.6. The zero-order valence-corrected chi connectivity index (χ0v) is 16.3. The Morgan fingerprint density at radius 1 is 1.07 bits per heavy atom. The summed E-state index contributed by atoms with van der Waals surface area (Å²) in [6.07, 6.45) is -0.684. The molecule has 0 saturated carbocycles. The number of carbonyl (C=O) groups is 1. The van der Waals surface area contributed by atoms with E-state index in [0.29, 0.717) is 10.8 Å². The first-order valence-electron chi connectivity index (χ1n) is 8.32. The molecule has 0 saturated heterocycles. The highest BCUT2D eigenvalue weighted by Gasteiger charge is 2.21. The lowest BCUT2D eigenvalue weighted by Crippen LogP contribution is -2.43. The van der Waals surface area contributed by atoms with Gasteiger partial charge in [0.05, 0.1) is 11.1 Å². The molecule has 0 aliphatic carbocycles. The Balaban J connectivity index is 2.06. The average Bonchev–Trinajstić information content (AvgIpc) is 2.69. The van der Waals surface area contributed by atoms with E-state index in [-0.39, 0.29) is 14.6 Å². The third-order valence-electron chi connectivity index (χ3n) is 3.96. The molecular formula is C19H16FN3O5S. The molecule has 0 unspecified atom stereocenters. The number of para-hydroxylation sites is 1. The first kappa shape index (κ1) is 20.2. The van der Waals surface area contributed by atoms with Gasteiger partial charge >= 0.3 is 11.8 Å². The maximum absolute atomic E-state index is 14.6. The first-order valence-corrected chi connectivity index (χ1v) is 9.76. The Hall–Kier alpha value is -3.53. The number of nitrogens with zero attached hydrogens (tertiary/aromatic N) is 3. The first-order chi connectivity index (χ1) is 13.7. The van der Waals surface area contributed by atoms with Crippen LogP contribution in [-0.2, 0) is 17.1 Å². The summed E-state index contributed by atoms with van der Waals surface area (Å²) in [5, 5.41) is 0. The van der Waals surface area contributed by atoms with E-state index in [2.05, 4.69) is 4.99 Å². The van der Waals surface area contributed by atoms with Gasteiger partial charge in [0.1, 0.15) is 5.75 Å². The van der Waals surface area contributed by atoms with Gasteiger partial charge in [0.2, 0.25) is 0 Å². The molecule has 29 heavy (non-hydrogen) atoms. The molecule has 0 aliphatic rings. The van der Waals surface area contributed by atoms with E-state index in [9.17, 15) is 22.4 Å². The van der Waals surface area contributed by atoms with Gasteiger partial charge < -0.3 is 4.74 Å². The summed E-state index contributed by atoms with van der Waals surface area (Å²) < 4.78 is 45.8. The summed E-state index contributed by atoms with van der Waals surface area (Å²) in [5.41, 5.74) is -0.941. The number of halogens is 1. The quantitative estimate of drug-likeness (QED) is 0.649. The van der Waals surface area contributed by atoms with E-state index in [1.807, 2.05) is 0 Å². The van der Waals surface area contributed by atoms with Crippen molar-refractivity contribution in [3.05, 3.63) is 88.1 Å². The highest BCUT2D eigenvalue weighted by Crippen LogP contribution is 2.13. The largest absolute Gasteiger partial charge is 0.441 e. The molecule has 0 fully saturated rings. The topological polar surface area (TPSA) is 99.7 Å². The third-order valence-corrected chi connectivity index (χ3v) is 5.61. The van der Waals surface area contributed by atoms with Crippen LogP contribution in [0.2, 0.25) is 0 Å². The summed E-state index contributed by atoms with van der Waals surface area (Å²) in [7, 11) is -3.24. The van der Waals surface area contributed by atoms with Crippen LogP contribution in [0, 0.1) is 12.7 Å². The predicted molar refractivity (Wildman–Crippen MR) is 101 cm³/mol. The molecule has 0 atom stereocenters. The van der Waals surface area contributed by atoms with Crippen molar-refractivity contribution in [1.29, 1.82) is 0 Å². The lowest BCUT2D eigenvalue weighted by Gasteiger charge is -2.10. The van der Waals surface area contributed by atoms with Crippen LogP contribution in [0.1, 0.15) is 5.56 Å². The molecule has 3 rings (SSSR count). The third kappa shape index (κ3) is 4.16. The molecule has 10 heteroatoms. The second kappa shape index (κ2) is 7.84. The van der Waals surface area contributed by atoms with Crippen LogP contribution in [-0.4, -0.2) is 23.1 Å². The highest BCUT2D eigenvalue weighted by molar-refractivity contribution is 7.90. The number of hydrogen-bond acceptors (Lipinski definition) is 5. The van der Waals surface area contributed by atoms with Crippen molar-refractivity contribution >= 4 is 16.1 Å². The highest BCUT2D eigenvalue weighted by atomic mass is 32.2. The minimum absolute atomic E-state index is 0.180. The van der Waals surface area contributed by atoms with Gasteiger partial charge in [-0.05, 0) is 31.2 Å². The zero-order valence-electron chi connectivity index (χ0n) is 15.4. The molecule has 0 radical (unpaired) electrons. The second-order valence-electron chi connectivity index (χ2n) is 6.05. The number of hydrogen-bond donors (Lipinski definition) is 0. The van der Waals surface area contributed by atoms with Crippen LogP contribution in [0.25, 0.3) is 0 Å². The number of rotatable bonds is 3. The molecule has 0 N–H and O–H groups in total. The summed E-state index contributed by atoms with van der Waals surface area (Å²) in [4.78, 5) is 27.7. The van der Waals surface area contributed by atoms with Crippen LogP contribution in [0.4, 0.5) is 9.18 Å². The smallest absolute Gasteiger partial charge is 0.409 e. The van der Waals surface area contributed by atoms with Gasteiger partial charge in [-0.3, -0.25) is 4.57 Å². The molecule has 0 bridgehead atoms. The van der Waals surface area contributed by atoms with E-state index in [1.54, 1.807) is 37.3 Å². The van der Waals surface area contributed by atoms with Crippen LogP contribution >= 0.6 is 0 Å². The van der Waals surface area contributed by atoms with Gasteiger partial charge in [-0.15, -0.1) is 0 Å². The Labute approximate surface area is 165 Å². The molecule has 0 aliphatic heterocycles. The lowest BCUT2D eigenvalue weighted by atomic mass is 10.2. The van der Waals surface area contributed by atoms with Crippen LogP contribution in [0.15, 0.2) is 75.5 Å². The summed E-state index contributed by atoms with van der Waals surface area (Å²) in [6, 6.07) is 13.7. The Kier molecular flexibility index (Phi) is 5.46. The normalized spacial score (nSPS) is 12.0. The number of aromatic nitrogens is 2. The maximum Gasteiger partial charge on any atom is 0.441 e. The van der Waals surface area contributed by atoms with Gasteiger partial charge in [-0.25, -0.2) is 22.4 Å². The van der Waals surface area contributed by atoms with Gasteiger partial charge in [-0.1, -0.05) is 35.9 Å². The average molecular weight is 417 g/mol. The van der Waals surface area contributed by atoms with E-state index in [4.69, 9.17) is 4.74 Å². The molecule has 150 valence electrons. The lowest BCUT2D eigenvalue weighted by molar-refractivity contribution is 0.209. The molecule has 8 nitrogen and oxygen atoms in total. The Morgan fingerprint density at radius 2 is 1.69 bits per heavy atom. The van der Waals surface area contributed by atoms with E-state index in [0.717, 1.165) is 12.6 Å². The zero-order chi connectivity index (χ0) is 21.2. The van der Waals surface area contributed by atoms with Crippen LogP contribution in [0.5, 0.6) is 5.75 Å². The van der Waals surface area contributed by atoms with Crippen molar-refractivity contribution in [2.75, 3.05) is 0 Å². The second-order valence-corrected chi connectivity index (χ2v) is 7.86. The molecule has 1 heterocycles. The fourth-order valence-corrected chi connectivity index (χ4v) is 3.70. The fraction of sp³-hybridized carbons (Fsp3) is 0.105. The van der Waals surface area contributed by atoms with E-state index >= 15 is 0 Å². The van der Waals surface area contributed by atoms with Crippen LogP contribution in [0.3, 0.4) is 0 Å². The molecular weight excluding hydrogens is 401 g/mol. The molecule has 1 amide bonds. The van der Waals surface area contributed by atoms with E-state index in [1.165, 1.54) is 24.3 Å². The van der Waals surface area contributed by atoms with Crippen molar-refractivity contribution in [2.24, 2.45) is 12.0 Å². The van der Waals surface area contributed by atoms with E-state index < -0.39 is 33.1 Å². The van der Waals surface area contributed by atoms with Crippen molar-refractivity contribution in [3.63, 3.8) is 0 Å². The molecule has 1 aromatic heterocycles. The minimum atomic E-state index is -4.34. The van der Waals surface area contributed by atoms with Crippen LogP contribution < -0.4 is 15.9 Å². The number of benzene rings is 2. The SMILES string of the molecule is Cc1ccc(S(=O)(=O)n2cc(F)c(=NC(=O)Oc3ccccc3)n(C)c2=O)cc1. The van der Waals surface area contributed by atoms with Gasteiger partial charge in [0.15, 0.2) is 11.3 Å². The fourth-order valence-electron chi connectivity index (χ4n) is 2.44. The Bertz CT molecular complexity index is 1290. The van der Waals surface area contributed by atoms with Crippen molar-refractivity contribution in [2.45, 2.75) is 11.8 Å². The number of ether oxygens (including phenoxy) is 1. The summed E-state index contributed by atoms with van der Waals surface area (Å²) in [5.74, 6) is -1.01. The molecule has 0 spiro atoms. The summed E-state index contributed by atoms with van der Waals surface area (Å²) in [6.45, 7) is 1.77. The number of aryl methyl sites for hydroxylation is 1. The van der Waals surface area contributed by atoms with Crippen molar-refractivity contribution < 1.29 is 22.3 Å². The Morgan fingerprint density at radius 3 is 2.31 bits per heavy atom. The summed E-state index contributed by atoms with van der Waals surface area (Å²) >= 11 is 0. The molecule has 3 aromatic rings. The van der Waals surface area contributed by atoms with Crippen molar-refractivity contribution in [1.82, 2.24) is 8.54 Å².